The van der Waals surface area contributed by atoms with E-state index in [1.54, 1.807) is 19.0 Å². The van der Waals surface area contributed by atoms with Crippen LogP contribution in [0.3, 0.4) is 0 Å². The summed E-state index contributed by atoms with van der Waals surface area (Å²) in [5, 5.41) is 0. The highest BCUT2D eigenvalue weighted by Crippen LogP contribution is 2.08. The van der Waals surface area contributed by atoms with Gasteiger partial charge in [-0.05, 0) is 6.42 Å². The van der Waals surface area contributed by atoms with Gasteiger partial charge in [0.1, 0.15) is 0 Å². The van der Waals surface area contributed by atoms with Gasteiger partial charge >= 0.3 is 0 Å². The summed E-state index contributed by atoms with van der Waals surface area (Å²) >= 11 is 0. The molecule has 1 unspecified atom stereocenters. The first-order valence-corrected chi connectivity index (χ1v) is 5.87. The van der Waals surface area contributed by atoms with Crippen molar-refractivity contribution >= 4 is 5.91 Å². The summed E-state index contributed by atoms with van der Waals surface area (Å²) in [7, 11) is 3.56. The average Bonchev–Trinajstić information content (AvgIpc) is 2.53. The molecule has 1 rings (SSSR count). The van der Waals surface area contributed by atoms with Gasteiger partial charge in [-0.25, -0.2) is 0 Å². The maximum absolute atomic E-state index is 11.7. The SMILES string of the molecule is CN(C)C(=O)CC(CN)N1CCCOCC1. The lowest BCUT2D eigenvalue weighted by Crippen LogP contribution is -2.44. The first kappa shape index (κ1) is 13.4. The summed E-state index contributed by atoms with van der Waals surface area (Å²) in [6.07, 6.45) is 1.52. The summed E-state index contributed by atoms with van der Waals surface area (Å²) in [5.74, 6) is 0.139. The Bertz CT molecular complexity index is 213. The zero-order chi connectivity index (χ0) is 12.0. The monoisotopic (exact) mass is 229 g/mol. The molecule has 16 heavy (non-hydrogen) atoms. The lowest BCUT2D eigenvalue weighted by Gasteiger charge is -2.29. The fourth-order valence-electron chi connectivity index (χ4n) is 1.88. The summed E-state index contributed by atoms with van der Waals surface area (Å²) in [6.45, 7) is 3.94. The molecule has 5 heteroatoms. The summed E-state index contributed by atoms with van der Waals surface area (Å²) in [4.78, 5) is 15.5. The molecule has 0 aromatic rings. The molecule has 0 saturated carbocycles. The van der Waals surface area contributed by atoms with E-state index in [4.69, 9.17) is 10.5 Å². The maximum atomic E-state index is 11.7. The molecule has 1 saturated heterocycles. The van der Waals surface area contributed by atoms with E-state index in [1.807, 2.05) is 0 Å². The molecule has 1 atom stereocenters. The molecule has 1 heterocycles. The number of nitrogens with zero attached hydrogens (tertiary/aromatic N) is 2. The molecule has 0 radical (unpaired) electrons. The number of ether oxygens (including phenoxy) is 1. The number of hydrogen-bond donors (Lipinski definition) is 1. The molecule has 0 spiro atoms. The van der Waals surface area contributed by atoms with E-state index in [9.17, 15) is 4.79 Å². The van der Waals surface area contributed by atoms with Crippen molar-refractivity contribution in [2.45, 2.75) is 18.9 Å². The number of carbonyl (C=O) groups is 1. The molecule has 1 aliphatic rings. The zero-order valence-corrected chi connectivity index (χ0v) is 10.3. The molecule has 1 amide bonds. The lowest BCUT2D eigenvalue weighted by molar-refractivity contribution is -0.129. The third-order valence-corrected chi connectivity index (χ3v) is 2.95. The molecule has 5 nitrogen and oxygen atoms in total. The van der Waals surface area contributed by atoms with E-state index in [2.05, 4.69) is 4.90 Å². The van der Waals surface area contributed by atoms with Crippen LogP contribution in [0.1, 0.15) is 12.8 Å². The maximum Gasteiger partial charge on any atom is 0.223 e. The van der Waals surface area contributed by atoms with Crippen LogP contribution in [0.4, 0.5) is 0 Å². The highest BCUT2D eigenvalue weighted by Gasteiger charge is 2.21. The van der Waals surface area contributed by atoms with Gasteiger partial charge in [0, 0.05) is 52.8 Å². The van der Waals surface area contributed by atoms with Gasteiger partial charge in [-0.1, -0.05) is 0 Å². The fraction of sp³-hybridized carbons (Fsp3) is 0.909. The van der Waals surface area contributed by atoms with Crippen LogP contribution < -0.4 is 5.73 Å². The van der Waals surface area contributed by atoms with Crippen LogP contribution in [0.2, 0.25) is 0 Å². The van der Waals surface area contributed by atoms with Gasteiger partial charge in [0.15, 0.2) is 0 Å². The standard InChI is InChI=1S/C11H23N3O2/c1-13(2)11(15)8-10(9-12)14-4-3-6-16-7-5-14/h10H,3-9,12H2,1-2H3. The van der Waals surface area contributed by atoms with E-state index < -0.39 is 0 Å². The molecular weight excluding hydrogens is 206 g/mol. The van der Waals surface area contributed by atoms with E-state index in [-0.39, 0.29) is 11.9 Å². The second-order valence-electron chi connectivity index (χ2n) is 4.38. The number of rotatable bonds is 4. The topological polar surface area (TPSA) is 58.8 Å². The second-order valence-corrected chi connectivity index (χ2v) is 4.38. The number of amides is 1. The van der Waals surface area contributed by atoms with Crippen molar-refractivity contribution in [3.63, 3.8) is 0 Å². The van der Waals surface area contributed by atoms with E-state index in [1.165, 1.54) is 0 Å². The highest BCUT2D eigenvalue weighted by molar-refractivity contribution is 5.76. The van der Waals surface area contributed by atoms with Crippen molar-refractivity contribution in [3.8, 4) is 0 Å². The van der Waals surface area contributed by atoms with Crippen LogP contribution in [-0.2, 0) is 9.53 Å². The van der Waals surface area contributed by atoms with E-state index in [0.29, 0.717) is 13.0 Å². The normalized spacial score (nSPS) is 20.2. The Kier molecular flexibility index (Phi) is 5.73. The average molecular weight is 229 g/mol. The van der Waals surface area contributed by atoms with Crippen molar-refractivity contribution in [2.24, 2.45) is 5.73 Å². The van der Waals surface area contributed by atoms with Crippen molar-refractivity contribution < 1.29 is 9.53 Å². The Labute approximate surface area is 97.5 Å². The van der Waals surface area contributed by atoms with E-state index >= 15 is 0 Å². The molecule has 94 valence electrons. The molecule has 2 N–H and O–H groups in total. The van der Waals surface area contributed by atoms with Crippen molar-refractivity contribution in [3.05, 3.63) is 0 Å². The van der Waals surface area contributed by atoms with Crippen molar-refractivity contribution in [1.29, 1.82) is 0 Å². The molecule has 0 bridgehead atoms. The predicted molar refractivity (Wildman–Crippen MR) is 63.2 cm³/mol. The second kappa shape index (κ2) is 6.83. The fourth-order valence-corrected chi connectivity index (χ4v) is 1.88. The Morgan fingerprint density at radius 1 is 1.44 bits per heavy atom. The first-order valence-electron chi connectivity index (χ1n) is 5.87. The van der Waals surface area contributed by atoms with Crippen LogP contribution >= 0.6 is 0 Å². The van der Waals surface area contributed by atoms with Gasteiger partial charge in [-0.15, -0.1) is 0 Å². The molecule has 1 aliphatic heterocycles. The number of carbonyl (C=O) groups excluding carboxylic acids is 1. The molecule has 0 aliphatic carbocycles. The highest BCUT2D eigenvalue weighted by atomic mass is 16.5. The zero-order valence-electron chi connectivity index (χ0n) is 10.3. The largest absolute Gasteiger partial charge is 0.380 e. The van der Waals surface area contributed by atoms with Crippen LogP contribution in [0, 0.1) is 0 Å². The Balaban J connectivity index is 2.48. The van der Waals surface area contributed by atoms with Crippen LogP contribution in [0.25, 0.3) is 0 Å². The minimum Gasteiger partial charge on any atom is -0.380 e. The smallest absolute Gasteiger partial charge is 0.223 e. The Morgan fingerprint density at radius 2 is 2.19 bits per heavy atom. The van der Waals surface area contributed by atoms with Crippen molar-refractivity contribution in [2.75, 3.05) is 46.9 Å². The first-order chi connectivity index (χ1) is 7.65. The predicted octanol–water partition coefficient (Wildman–Crippen LogP) is -0.486. The van der Waals surface area contributed by atoms with Gasteiger partial charge in [0.25, 0.3) is 0 Å². The third kappa shape index (κ3) is 4.08. The summed E-state index contributed by atoms with van der Waals surface area (Å²) in [5.41, 5.74) is 5.75. The Hall–Kier alpha value is -0.650. The van der Waals surface area contributed by atoms with Gasteiger partial charge in [0.05, 0.1) is 6.61 Å². The van der Waals surface area contributed by atoms with Gasteiger partial charge < -0.3 is 15.4 Å². The van der Waals surface area contributed by atoms with Crippen LogP contribution in [-0.4, -0.2) is 68.7 Å². The van der Waals surface area contributed by atoms with Gasteiger partial charge in [-0.3, -0.25) is 9.69 Å². The van der Waals surface area contributed by atoms with E-state index in [0.717, 1.165) is 32.7 Å². The van der Waals surface area contributed by atoms with Crippen molar-refractivity contribution in [1.82, 2.24) is 9.80 Å². The third-order valence-electron chi connectivity index (χ3n) is 2.95. The number of nitrogens with two attached hydrogens (primary N) is 1. The van der Waals surface area contributed by atoms with Gasteiger partial charge in [-0.2, -0.15) is 0 Å². The van der Waals surface area contributed by atoms with Gasteiger partial charge in [0.2, 0.25) is 5.91 Å². The van der Waals surface area contributed by atoms with Crippen LogP contribution in [0.15, 0.2) is 0 Å². The summed E-state index contributed by atoms with van der Waals surface area (Å²) in [6, 6.07) is 0.150. The quantitative estimate of drug-likeness (QED) is 0.707. The minimum absolute atomic E-state index is 0.139. The molecule has 1 fully saturated rings. The van der Waals surface area contributed by atoms with Crippen LogP contribution in [0.5, 0.6) is 0 Å². The number of hydrogen-bond acceptors (Lipinski definition) is 4. The lowest BCUT2D eigenvalue weighted by atomic mass is 10.1. The summed E-state index contributed by atoms with van der Waals surface area (Å²) < 4.78 is 5.39. The Morgan fingerprint density at radius 3 is 2.81 bits per heavy atom. The molecular formula is C11H23N3O2. The molecule has 0 aromatic heterocycles. The minimum atomic E-state index is 0.139. The molecule has 0 aromatic carbocycles.